The van der Waals surface area contributed by atoms with E-state index in [-0.39, 0.29) is 17.3 Å². The first kappa shape index (κ1) is 9.21. The van der Waals surface area contributed by atoms with E-state index in [1.807, 2.05) is 0 Å². The van der Waals surface area contributed by atoms with Crippen molar-refractivity contribution < 1.29 is 0 Å². The molecular formula is C9H13N3O2. The second-order valence-electron chi connectivity index (χ2n) is 3.52. The average Bonchev–Trinajstić information content (AvgIpc) is 2.64. The molecule has 0 aromatic carbocycles. The van der Waals surface area contributed by atoms with Crippen LogP contribution in [0.1, 0.15) is 12.8 Å². The Morgan fingerprint density at radius 3 is 3.00 bits per heavy atom. The van der Waals surface area contributed by atoms with E-state index < -0.39 is 0 Å². The Balaban J connectivity index is 2.23. The number of aromatic nitrogens is 2. The van der Waals surface area contributed by atoms with Crippen molar-refractivity contribution in [1.82, 2.24) is 14.9 Å². The van der Waals surface area contributed by atoms with Crippen LogP contribution in [0, 0.1) is 0 Å². The SMILES string of the molecule is O=c1cc[nH]c(=O)n1CC1CCCN1. The summed E-state index contributed by atoms with van der Waals surface area (Å²) in [7, 11) is 0. The van der Waals surface area contributed by atoms with E-state index in [4.69, 9.17) is 0 Å². The Bertz CT molecular complexity index is 386. The predicted molar refractivity (Wildman–Crippen MR) is 52.3 cm³/mol. The predicted octanol–water partition coefficient (Wildman–Crippen LogP) is -0.711. The fraction of sp³-hybridized carbons (Fsp3) is 0.556. The van der Waals surface area contributed by atoms with Crippen LogP contribution < -0.4 is 16.6 Å². The van der Waals surface area contributed by atoms with Gasteiger partial charge in [0.25, 0.3) is 5.56 Å². The van der Waals surface area contributed by atoms with Crippen molar-refractivity contribution in [3.8, 4) is 0 Å². The monoisotopic (exact) mass is 195 g/mol. The summed E-state index contributed by atoms with van der Waals surface area (Å²) in [6, 6.07) is 1.63. The van der Waals surface area contributed by atoms with Gasteiger partial charge in [-0.15, -0.1) is 0 Å². The van der Waals surface area contributed by atoms with Gasteiger partial charge in [-0.3, -0.25) is 9.36 Å². The molecule has 0 saturated carbocycles. The molecular weight excluding hydrogens is 182 g/mol. The molecule has 0 bridgehead atoms. The largest absolute Gasteiger partial charge is 0.328 e. The number of H-pyrrole nitrogens is 1. The van der Waals surface area contributed by atoms with Crippen molar-refractivity contribution in [2.75, 3.05) is 6.54 Å². The molecule has 2 heterocycles. The topological polar surface area (TPSA) is 66.9 Å². The second-order valence-corrected chi connectivity index (χ2v) is 3.52. The van der Waals surface area contributed by atoms with E-state index in [9.17, 15) is 9.59 Å². The highest BCUT2D eigenvalue weighted by atomic mass is 16.2. The van der Waals surface area contributed by atoms with Gasteiger partial charge in [-0.05, 0) is 19.4 Å². The quantitative estimate of drug-likeness (QED) is 0.655. The van der Waals surface area contributed by atoms with Gasteiger partial charge in [-0.1, -0.05) is 0 Å². The summed E-state index contributed by atoms with van der Waals surface area (Å²) < 4.78 is 1.24. The van der Waals surface area contributed by atoms with Gasteiger partial charge in [0.2, 0.25) is 0 Å². The van der Waals surface area contributed by atoms with E-state index in [0.29, 0.717) is 6.54 Å². The van der Waals surface area contributed by atoms with Crippen molar-refractivity contribution in [3.05, 3.63) is 33.1 Å². The number of rotatable bonds is 2. The summed E-state index contributed by atoms with van der Waals surface area (Å²) in [4.78, 5) is 25.1. The van der Waals surface area contributed by atoms with Crippen LogP contribution in [0.5, 0.6) is 0 Å². The maximum Gasteiger partial charge on any atom is 0.328 e. The molecule has 0 radical (unpaired) electrons. The normalized spacial score (nSPS) is 21.3. The van der Waals surface area contributed by atoms with Crippen LogP contribution in [0.15, 0.2) is 21.9 Å². The molecule has 76 valence electrons. The van der Waals surface area contributed by atoms with Gasteiger partial charge in [0, 0.05) is 24.8 Å². The van der Waals surface area contributed by atoms with Crippen LogP contribution in [0.25, 0.3) is 0 Å². The number of hydrogen-bond acceptors (Lipinski definition) is 3. The standard InChI is InChI=1S/C9H13N3O2/c13-8-3-5-11-9(14)12(8)6-7-2-1-4-10-7/h3,5,7,10H,1-2,4,6H2,(H,11,14). The summed E-state index contributed by atoms with van der Waals surface area (Å²) >= 11 is 0. The van der Waals surface area contributed by atoms with Gasteiger partial charge < -0.3 is 10.3 Å². The van der Waals surface area contributed by atoms with Gasteiger partial charge in [0.15, 0.2) is 0 Å². The maximum atomic E-state index is 11.3. The lowest BCUT2D eigenvalue weighted by Gasteiger charge is -2.10. The smallest absolute Gasteiger partial charge is 0.314 e. The lowest BCUT2D eigenvalue weighted by molar-refractivity contribution is 0.484. The third-order valence-corrected chi connectivity index (χ3v) is 2.51. The number of nitrogens with zero attached hydrogens (tertiary/aromatic N) is 1. The molecule has 1 fully saturated rings. The number of nitrogens with one attached hydrogen (secondary N) is 2. The zero-order valence-electron chi connectivity index (χ0n) is 7.82. The maximum absolute atomic E-state index is 11.3. The minimum atomic E-state index is -0.328. The zero-order chi connectivity index (χ0) is 9.97. The molecule has 1 aromatic heterocycles. The summed E-state index contributed by atoms with van der Waals surface area (Å²) in [5, 5.41) is 3.25. The Labute approximate surface area is 80.8 Å². The van der Waals surface area contributed by atoms with E-state index in [0.717, 1.165) is 19.4 Å². The summed E-state index contributed by atoms with van der Waals surface area (Å²) in [6.07, 6.45) is 3.52. The van der Waals surface area contributed by atoms with E-state index >= 15 is 0 Å². The van der Waals surface area contributed by atoms with E-state index in [2.05, 4.69) is 10.3 Å². The Morgan fingerprint density at radius 1 is 1.50 bits per heavy atom. The minimum absolute atomic E-state index is 0.234. The number of aromatic amines is 1. The van der Waals surface area contributed by atoms with Crippen molar-refractivity contribution >= 4 is 0 Å². The van der Waals surface area contributed by atoms with Gasteiger partial charge in [-0.2, -0.15) is 0 Å². The van der Waals surface area contributed by atoms with Gasteiger partial charge >= 0.3 is 5.69 Å². The molecule has 1 aromatic rings. The molecule has 1 unspecified atom stereocenters. The molecule has 1 atom stereocenters. The average molecular weight is 195 g/mol. The fourth-order valence-corrected chi connectivity index (χ4v) is 1.76. The van der Waals surface area contributed by atoms with Crippen LogP contribution in [-0.4, -0.2) is 22.1 Å². The molecule has 2 rings (SSSR count). The van der Waals surface area contributed by atoms with E-state index in [1.165, 1.54) is 16.8 Å². The molecule has 14 heavy (non-hydrogen) atoms. The lowest BCUT2D eigenvalue weighted by atomic mass is 10.2. The molecule has 5 heteroatoms. The van der Waals surface area contributed by atoms with Crippen LogP contribution in [0.2, 0.25) is 0 Å². The Hall–Kier alpha value is -1.36. The number of hydrogen-bond donors (Lipinski definition) is 2. The fourth-order valence-electron chi connectivity index (χ4n) is 1.76. The molecule has 1 aliphatic heterocycles. The Morgan fingerprint density at radius 2 is 2.36 bits per heavy atom. The molecule has 5 nitrogen and oxygen atoms in total. The first-order chi connectivity index (χ1) is 6.77. The van der Waals surface area contributed by atoms with Crippen LogP contribution in [0.3, 0.4) is 0 Å². The van der Waals surface area contributed by atoms with Gasteiger partial charge in [-0.25, -0.2) is 4.79 Å². The van der Waals surface area contributed by atoms with Crippen molar-refractivity contribution in [3.63, 3.8) is 0 Å². The second kappa shape index (κ2) is 3.79. The third-order valence-electron chi connectivity index (χ3n) is 2.51. The van der Waals surface area contributed by atoms with Crippen molar-refractivity contribution in [2.24, 2.45) is 0 Å². The molecule has 0 aliphatic carbocycles. The summed E-state index contributed by atoms with van der Waals surface area (Å²) in [5.74, 6) is 0. The first-order valence-corrected chi connectivity index (χ1v) is 4.79. The minimum Gasteiger partial charge on any atom is -0.314 e. The molecule has 1 saturated heterocycles. The van der Waals surface area contributed by atoms with Gasteiger partial charge in [0.1, 0.15) is 0 Å². The highest BCUT2D eigenvalue weighted by Crippen LogP contribution is 2.04. The zero-order valence-corrected chi connectivity index (χ0v) is 7.82. The third kappa shape index (κ3) is 1.77. The first-order valence-electron chi connectivity index (χ1n) is 4.79. The highest BCUT2D eigenvalue weighted by Gasteiger charge is 2.15. The van der Waals surface area contributed by atoms with Gasteiger partial charge in [0.05, 0.1) is 0 Å². The van der Waals surface area contributed by atoms with Crippen LogP contribution in [0.4, 0.5) is 0 Å². The van der Waals surface area contributed by atoms with E-state index in [1.54, 1.807) is 0 Å². The summed E-state index contributed by atoms with van der Waals surface area (Å²) in [6.45, 7) is 1.44. The lowest BCUT2D eigenvalue weighted by Crippen LogP contribution is -2.40. The molecule has 0 spiro atoms. The molecule has 2 N–H and O–H groups in total. The van der Waals surface area contributed by atoms with Crippen LogP contribution in [-0.2, 0) is 6.54 Å². The summed E-state index contributed by atoms with van der Waals surface area (Å²) in [5.41, 5.74) is -0.561. The Kier molecular flexibility index (Phi) is 2.49. The molecule has 1 aliphatic rings. The van der Waals surface area contributed by atoms with Crippen molar-refractivity contribution in [2.45, 2.75) is 25.4 Å². The van der Waals surface area contributed by atoms with Crippen molar-refractivity contribution in [1.29, 1.82) is 0 Å². The highest BCUT2D eigenvalue weighted by molar-refractivity contribution is 4.85. The van der Waals surface area contributed by atoms with Crippen LogP contribution >= 0.6 is 0 Å². The molecule has 0 amide bonds.